The molecule has 0 atom stereocenters. The normalized spacial score (nSPS) is 17.3. The number of sulfonamides is 1. The quantitative estimate of drug-likeness (QED) is 0.395. The molecule has 1 fully saturated rings. The predicted molar refractivity (Wildman–Crippen MR) is 105 cm³/mol. The Morgan fingerprint density at radius 3 is 2.37 bits per heavy atom. The topological polar surface area (TPSA) is 134 Å². The molecule has 0 aromatic heterocycles. The van der Waals surface area contributed by atoms with E-state index < -0.39 is 28.9 Å². The first-order chi connectivity index (χ1) is 12.2. The molecule has 0 bridgehead atoms. The second-order valence-corrected chi connectivity index (χ2v) is 14.7. The molecule has 0 amide bonds. The maximum Gasteiger partial charge on any atom is 0.293 e. The molecule has 11 heteroatoms. The summed E-state index contributed by atoms with van der Waals surface area (Å²) in [7, 11) is -6.09. The van der Waals surface area contributed by atoms with Crippen molar-refractivity contribution in [1.29, 1.82) is 0 Å². The van der Waals surface area contributed by atoms with Crippen molar-refractivity contribution in [2.75, 3.05) is 25.1 Å². The number of rotatable bonds is 7. The molecule has 1 aliphatic heterocycles. The van der Waals surface area contributed by atoms with Crippen molar-refractivity contribution in [3.05, 3.63) is 28.3 Å². The van der Waals surface area contributed by atoms with Crippen LogP contribution in [-0.2, 0) is 19.2 Å². The average Bonchev–Trinajstić information content (AvgIpc) is 2.47. The molecule has 1 aromatic rings. The van der Waals surface area contributed by atoms with Crippen molar-refractivity contribution in [2.45, 2.75) is 49.4 Å². The van der Waals surface area contributed by atoms with E-state index in [0.717, 1.165) is 6.07 Å². The molecule has 152 valence electrons. The Morgan fingerprint density at radius 1 is 1.37 bits per heavy atom. The van der Waals surface area contributed by atoms with E-state index in [4.69, 9.17) is 14.3 Å². The second-order valence-electron chi connectivity index (χ2n) is 8.37. The lowest BCUT2D eigenvalue weighted by Gasteiger charge is -2.49. The van der Waals surface area contributed by atoms with Gasteiger partial charge in [-0.05, 0) is 30.3 Å². The molecule has 0 aliphatic carbocycles. The van der Waals surface area contributed by atoms with Crippen molar-refractivity contribution in [1.82, 2.24) is 0 Å². The summed E-state index contributed by atoms with van der Waals surface area (Å²) in [6.07, 6.45) is 0. The first-order valence-electron chi connectivity index (χ1n) is 8.50. The zero-order chi connectivity index (χ0) is 20.7. The number of benzene rings is 1. The van der Waals surface area contributed by atoms with Gasteiger partial charge in [-0.2, -0.15) is 0 Å². The molecule has 0 unspecified atom stereocenters. The fourth-order valence-electron chi connectivity index (χ4n) is 2.47. The van der Waals surface area contributed by atoms with E-state index in [2.05, 4.69) is 39.2 Å². The molecule has 1 aliphatic rings. The van der Waals surface area contributed by atoms with E-state index in [-0.39, 0.29) is 21.3 Å². The number of hydrogen-bond donors (Lipinski definition) is 2. The van der Waals surface area contributed by atoms with E-state index in [1.54, 1.807) is 0 Å². The van der Waals surface area contributed by atoms with E-state index in [1.807, 2.05) is 0 Å². The summed E-state index contributed by atoms with van der Waals surface area (Å²) < 4.78 is 34.7. The highest BCUT2D eigenvalue weighted by Gasteiger charge is 2.48. The molecular formula is C16H27N3O6SSi. The summed E-state index contributed by atoms with van der Waals surface area (Å²) in [5.74, 6) is 0. The highest BCUT2D eigenvalue weighted by Crippen LogP contribution is 2.41. The summed E-state index contributed by atoms with van der Waals surface area (Å²) in [5, 5.41) is 19.4. The zero-order valence-corrected chi connectivity index (χ0v) is 18.1. The minimum Gasteiger partial charge on any atom is -0.405 e. The Kier molecular flexibility index (Phi) is 5.75. The van der Waals surface area contributed by atoms with Gasteiger partial charge in [0.05, 0.1) is 23.0 Å². The van der Waals surface area contributed by atoms with Crippen LogP contribution in [0.2, 0.25) is 18.1 Å². The van der Waals surface area contributed by atoms with Crippen LogP contribution in [0.5, 0.6) is 0 Å². The first kappa shape index (κ1) is 21.8. The molecule has 0 spiro atoms. The van der Waals surface area contributed by atoms with Crippen molar-refractivity contribution >= 4 is 29.7 Å². The number of primary sulfonamides is 1. The van der Waals surface area contributed by atoms with E-state index in [0.29, 0.717) is 19.8 Å². The van der Waals surface area contributed by atoms with Crippen molar-refractivity contribution < 1.29 is 22.5 Å². The second kappa shape index (κ2) is 7.13. The zero-order valence-electron chi connectivity index (χ0n) is 16.2. The molecule has 0 radical (unpaired) electrons. The van der Waals surface area contributed by atoms with E-state index in [1.165, 1.54) is 12.1 Å². The molecule has 9 nitrogen and oxygen atoms in total. The molecule has 1 saturated heterocycles. The number of nitro groups is 1. The van der Waals surface area contributed by atoms with Crippen LogP contribution in [0.1, 0.15) is 20.8 Å². The van der Waals surface area contributed by atoms with E-state index in [9.17, 15) is 18.5 Å². The van der Waals surface area contributed by atoms with Gasteiger partial charge in [0.25, 0.3) is 5.69 Å². The highest BCUT2D eigenvalue weighted by atomic mass is 32.2. The molecule has 1 heterocycles. The van der Waals surface area contributed by atoms with Crippen LogP contribution in [0.15, 0.2) is 23.1 Å². The Labute approximate surface area is 160 Å². The molecule has 27 heavy (non-hydrogen) atoms. The molecule has 3 N–H and O–H groups in total. The number of nitrogens with one attached hydrogen (secondary N) is 1. The lowest BCUT2D eigenvalue weighted by atomic mass is 10.0. The van der Waals surface area contributed by atoms with E-state index >= 15 is 0 Å². The Hall–Kier alpha value is -1.53. The van der Waals surface area contributed by atoms with Gasteiger partial charge < -0.3 is 14.5 Å². The van der Waals surface area contributed by atoms with Crippen LogP contribution < -0.4 is 10.5 Å². The van der Waals surface area contributed by atoms with Gasteiger partial charge in [-0.3, -0.25) is 10.1 Å². The third kappa shape index (κ3) is 4.85. The SMILES string of the molecule is CC(C)(C)[Si](C)(C)OC1(CNc2ccc(S(N)(=O)=O)cc2[N+](=O)[O-])COC1. The number of nitrogens with two attached hydrogens (primary N) is 1. The monoisotopic (exact) mass is 417 g/mol. The lowest BCUT2D eigenvalue weighted by Crippen LogP contribution is -2.62. The number of anilines is 1. The minimum atomic E-state index is -4.02. The summed E-state index contributed by atoms with van der Waals surface area (Å²) in [6, 6.07) is 3.54. The largest absolute Gasteiger partial charge is 0.405 e. The maximum absolute atomic E-state index is 11.4. The van der Waals surface area contributed by atoms with Crippen molar-refractivity contribution in [3.8, 4) is 0 Å². The van der Waals surface area contributed by atoms with Crippen molar-refractivity contribution in [2.24, 2.45) is 5.14 Å². The summed E-state index contributed by atoms with van der Waals surface area (Å²) in [6.45, 7) is 11.8. The van der Waals surface area contributed by atoms with Gasteiger partial charge in [0, 0.05) is 12.6 Å². The maximum atomic E-state index is 11.4. The van der Waals surface area contributed by atoms with Crippen LogP contribution in [0.4, 0.5) is 11.4 Å². The third-order valence-electron chi connectivity index (χ3n) is 5.10. The molecule has 1 aromatic carbocycles. The van der Waals surface area contributed by atoms with Crippen LogP contribution >= 0.6 is 0 Å². The Bertz CT molecular complexity index is 831. The van der Waals surface area contributed by atoms with Gasteiger partial charge in [-0.15, -0.1) is 0 Å². The molecular weight excluding hydrogens is 390 g/mol. The number of ether oxygens (including phenoxy) is 1. The Morgan fingerprint density at radius 2 is 1.96 bits per heavy atom. The molecule has 2 rings (SSSR count). The van der Waals surface area contributed by atoms with Gasteiger partial charge in [0.1, 0.15) is 11.3 Å². The van der Waals surface area contributed by atoms with Crippen LogP contribution in [0.3, 0.4) is 0 Å². The summed E-state index contributed by atoms with van der Waals surface area (Å²) in [5.41, 5.74) is -0.711. The smallest absolute Gasteiger partial charge is 0.293 e. The Balaban J connectivity index is 2.23. The van der Waals surface area contributed by atoms with Crippen LogP contribution in [0, 0.1) is 10.1 Å². The standard InChI is InChI=1S/C16H27N3O6SSi/c1-15(2,3)27(4,5)25-16(10-24-11-16)9-18-13-7-6-12(26(17,22)23)8-14(13)19(20)21/h6-8,18H,9-11H2,1-5H3,(H2,17,22,23). The first-order valence-corrected chi connectivity index (χ1v) is 13.0. The predicted octanol–water partition coefficient (Wildman–Crippen LogP) is 2.44. The average molecular weight is 418 g/mol. The van der Waals surface area contributed by atoms with Crippen molar-refractivity contribution in [3.63, 3.8) is 0 Å². The van der Waals surface area contributed by atoms with Gasteiger partial charge in [0.2, 0.25) is 10.0 Å². The number of nitro benzene ring substituents is 1. The lowest BCUT2D eigenvalue weighted by molar-refractivity contribution is -0.384. The fourth-order valence-corrected chi connectivity index (χ4v) is 4.58. The third-order valence-corrected chi connectivity index (χ3v) is 10.6. The van der Waals surface area contributed by atoms with Gasteiger partial charge >= 0.3 is 0 Å². The van der Waals surface area contributed by atoms with Gasteiger partial charge in [-0.1, -0.05) is 20.8 Å². The van der Waals surface area contributed by atoms with Crippen LogP contribution in [-0.4, -0.2) is 47.0 Å². The summed E-state index contributed by atoms with van der Waals surface area (Å²) >= 11 is 0. The fraction of sp³-hybridized carbons (Fsp3) is 0.625. The minimum absolute atomic E-state index is 0.0126. The highest BCUT2D eigenvalue weighted by molar-refractivity contribution is 7.89. The summed E-state index contributed by atoms with van der Waals surface area (Å²) in [4.78, 5) is 10.4. The molecule has 0 saturated carbocycles. The number of hydrogen-bond acceptors (Lipinski definition) is 7. The van der Waals surface area contributed by atoms with Crippen LogP contribution in [0.25, 0.3) is 0 Å². The number of nitrogens with zero attached hydrogens (tertiary/aromatic N) is 1. The van der Waals surface area contributed by atoms with Gasteiger partial charge in [-0.25, -0.2) is 13.6 Å². The van der Waals surface area contributed by atoms with Gasteiger partial charge in [0.15, 0.2) is 8.32 Å².